The van der Waals surface area contributed by atoms with E-state index in [1.165, 1.54) is 5.01 Å². The molecule has 1 unspecified atom stereocenters. The maximum atomic E-state index is 12.2. The Hall–Kier alpha value is -0.210. The topological polar surface area (TPSA) is 18.8 Å². The highest BCUT2D eigenvalue weighted by atomic mass is 127. The molecule has 1 rings (SSSR count). The van der Waals surface area contributed by atoms with E-state index in [2.05, 4.69) is 5.10 Å². The van der Waals surface area contributed by atoms with E-state index >= 15 is 0 Å². The van der Waals surface area contributed by atoms with Crippen molar-refractivity contribution >= 4 is 28.9 Å². The van der Waals surface area contributed by atoms with E-state index in [0.29, 0.717) is 6.54 Å². The molecule has 0 bridgehead atoms. The number of hydrazone groups is 1. The Labute approximate surface area is 87.7 Å². The van der Waals surface area contributed by atoms with Crippen LogP contribution in [0.25, 0.3) is 0 Å². The van der Waals surface area contributed by atoms with Crippen LogP contribution in [0.4, 0.5) is 13.2 Å². The quantitative estimate of drug-likeness (QED) is 0.442. The van der Waals surface area contributed by atoms with Crippen LogP contribution in [0.2, 0.25) is 0 Å². The fourth-order valence-electron chi connectivity index (χ4n) is 0.955. The monoisotopic (exact) mass is 307 g/mol. The molecule has 13 heavy (non-hydrogen) atoms. The molecule has 0 saturated carbocycles. The lowest BCUT2D eigenvalue weighted by Gasteiger charge is -2.26. The molecule has 1 aliphatic heterocycles. The SMILES string of the molecule is CCCN1N=CN(C(F)(F)F)C1I. The summed E-state index contributed by atoms with van der Waals surface area (Å²) in [5, 5.41) is 5.07. The lowest BCUT2D eigenvalue weighted by Crippen LogP contribution is -2.43. The maximum Gasteiger partial charge on any atom is 0.488 e. The summed E-state index contributed by atoms with van der Waals surface area (Å²) in [4.78, 5) is 0.281. The van der Waals surface area contributed by atoms with Gasteiger partial charge in [0.15, 0.2) is 4.17 Å². The molecule has 1 atom stereocenters. The van der Waals surface area contributed by atoms with Crippen molar-refractivity contribution in [2.45, 2.75) is 23.8 Å². The van der Waals surface area contributed by atoms with Crippen molar-refractivity contribution < 1.29 is 13.2 Å². The van der Waals surface area contributed by atoms with Crippen molar-refractivity contribution in [3.63, 3.8) is 0 Å². The summed E-state index contributed by atoms with van der Waals surface area (Å²) < 4.78 is 35.9. The highest BCUT2D eigenvalue weighted by molar-refractivity contribution is 14.1. The second-order valence-electron chi connectivity index (χ2n) is 2.58. The highest BCUT2D eigenvalue weighted by Crippen LogP contribution is 2.30. The summed E-state index contributed by atoms with van der Waals surface area (Å²) in [6, 6.07) is 0. The van der Waals surface area contributed by atoms with Crippen molar-refractivity contribution in [1.29, 1.82) is 0 Å². The minimum atomic E-state index is -4.34. The van der Waals surface area contributed by atoms with Gasteiger partial charge in [0.25, 0.3) is 0 Å². The summed E-state index contributed by atoms with van der Waals surface area (Å²) in [7, 11) is 0. The van der Waals surface area contributed by atoms with E-state index in [1.807, 2.05) is 6.92 Å². The van der Waals surface area contributed by atoms with Crippen LogP contribution in [0.1, 0.15) is 13.3 Å². The van der Waals surface area contributed by atoms with Crippen LogP contribution in [0, 0.1) is 0 Å². The first kappa shape index (κ1) is 10.9. The van der Waals surface area contributed by atoms with Crippen molar-refractivity contribution in [3.8, 4) is 0 Å². The van der Waals surface area contributed by atoms with Gasteiger partial charge in [-0.1, -0.05) is 6.92 Å². The summed E-state index contributed by atoms with van der Waals surface area (Å²) in [6.07, 6.45) is -2.73. The molecule has 0 aliphatic carbocycles. The van der Waals surface area contributed by atoms with Crippen molar-refractivity contribution in [2.24, 2.45) is 5.10 Å². The molecule has 0 aromatic rings. The number of nitrogens with zero attached hydrogens (tertiary/aromatic N) is 3. The van der Waals surface area contributed by atoms with Gasteiger partial charge in [0.05, 0.1) is 0 Å². The van der Waals surface area contributed by atoms with Gasteiger partial charge in [-0.15, -0.1) is 13.2 Å². The normalized spacial score (nSPS) is 23.0. The van der Waals surface area contributed by atoms with Crippen LogP contribution in [-0.2, 0) is 0 Å². The minimum Gasteiger partial charge on any atom is -0.264 e. The first-order chi connectivity index (χ1) is 5.96. The summed E-state index contributed by atoms with van der Waals surface area (Å²) in [5.41, 5.74) is 0. The van der Waals surface area contributed by atoms with Crippen LogP contribution < -0.4 is 0 Å². The fourth-order valence-corrected chi connectivity index (χ4v) is 1.84. The lowest BCUT2D eigenvalue weighted by atomic mass is 10.5. The predicted octanol–water partition coefficient (Wildman–Crippen LogP) is 2.20. The number of rotatable bonds is 2. The average molecular weight is 307 g/mol. The van der Waals surface area contributed by atoms with E-state index in [0.717, 1.165) is 12.8 Å². The van der Waals surface area contributed by atoms with Crippen molar-refractivity contribution in [2.75, 3.05) is 6.54 Å². The van der Waals surface area contributed by atoms with Crippen LogP contribution >= 0.6 is 22.6 Å². The smallest absolute Gasteiger partial charge is 0.264 e. The molecule has 3 nitrogen and oxygen atoms in total. The Kier molecular flexibility index (Phi) is 3.25. The van der Waals surface area contributed by atoms with Gasteiger partial charge in [0.1, 0.15) is 6.34 Å². The van der Waals surface area contributed by atoms with Crippen molar-refractivity contribution in [1.82, 2.24) is 9.91 Å². The molecule has 76 valence electrons. The Balaban J connectivity index is 2.61. The molecule has 0 radical (unpaired) electrons. The zero-order valence-electron chi connectivity index (χ0n) is 6.92. The van der Waals surface area contributed by atoms with E-state index < -0.39 is 10.5 Å². The summed E-state index contributed by atoms with van der Waals surface area (Å²) in [5.74, 6) is 0. The molecule has 0 aromatic carbocycles. The van der Waals surface area contributed by atoms with Gasteiger partial charge >= 0.3 is 6.30 Å². The van der Waals surface area contributed by atoms with E-state index in [-0.39, 0.29) is 4.90 Å². The Morgan fingerprint density at radius 2 is 2.15 bits per heavy atom. The standard InChI is InChI=1S/C6H9F3IN3/c1-2-3-13-5(10)12(4-11-13)6(7,8)9/h4-5H,2-3H2,1H3. The van der Waals surface area contributed by atoms with Crippen LogP contribution in [0.5, 0.6) is 0 Å². The van der Waals surface area contributed by atoms with Gasteiger partial charge in [-0.05, 0) is 29.0 Å². The average Bonchev–Trinajstić information content (AvgIpc) is 2.32. The first-order valence-corrected chi connectivity index (χ1v) is 5.01. The van der Waals surface area contributed by atoms with Gasteiger partial charge in [-0.2, -0.15) is 5.10 Å². The van der Waals surface area contributed by atoms with Crippen LogP contribution in [-0.4, -0.2) is 33.3 Å². The second kappa shape index (κ2) is 3.89. The maximum absolute atomic E-state index is 12.2. The highest BCUT2D eigenvalue weighted by Gasteiger charge is 2.44. The third-order valence-corrected chi connectivity index (χ3v) is 2.79. The molecule has 1 aliphatic rings. The van der Waals surface area contributed by atoms with Gasteiger partial charge in [0.2, 0.25) is 0 Å². The van der Waals surface area contributed by atoms with Crippen LogP contribution in [0.3, 0.4) is 0 Å². The van der Waals surface area contributed by atoms with Gasteiger partial charge < -0.3 is 0 Å². The molecule has 0 amide bonds. The van der Waals surface area contributed by atoms with E-state index in [1.54, 1.807) is 22.6 Å². The van der Waals surface area contributed by atoms with Gasteiger partial charge in [-0.25, -0.2) is 4.90 Å². The molecule has 0 fully saturated rings. The summed E-state index contributed by atoms with van der Waals surface area (Å²) in [6.45, 7) is 2.44. The lowest BCUT2D eigenvalue weighted by molar-refractivity contribution is -0.222. The third kappa shape index (κ3) is 2.38. The third-order valence-electron chi connectivity index (χ3n) is 1.55. The molecular weight excluding hydrogens is 298 g/mol. The van der Waals surface area contributed by atoms with Crippen LogP contribution in [0.15, 0.2) is 5.10 Å². The van der Waals surface area contributed by atoms with Gasteiger partial charge in [-0.3, -0.25) is 5.01 Å². The molecule has 0 saturated heterocycles. The number of alkyl halides is 4. The van der Waals surface area contributed by atoms with Crippen molar-refractivity contribution in [3.05, 3.63) is 0 Å². The number of hydrogen-bond donors (Lipinski definition) is 0. The Bertz CT molecular complexity index is 206. The molecule has 1 heterocycles. The molecule has 0 spiro atoms. The number of hydrogen-bond acceptors (Lipinski definition) is 3. The number of halogens is 4. The zero-order chi connectivity index (χ0) is 10.1. The Morgan fingerprint density at radius 3 is 2.54 bits per heavy atom. The second-order valence-corrected chi connectivity index (χ2v) is 3.69. The van der Waals surface area contributed by atoms with E-state index in [9.17, 15) is 13.2 Å². The predicted molar refractivity (Wildman–Crippen MR) is 51.2 cm³/mol. The Morgan fingerprint density at radius 1 is 1.54 bits per heavy atom. The first-order valence-electron chi connectivity index (χ1n) is 3.76. The molecule has 0 N–H and O–H groups in total. The summed E-state index contributed by atoms with van der Waals surface area (Å²) >= 11 is 1.71. The van der Waals surface area contributed by atoms with E-state index in [4.69, 9.17) is 0 Å². The fraction of sp³-hybridized carbons (Fsp3) is 0.833. The van der Waals surface area contributed by atoms with Gasteiger partial charge in [0, 0.05) is 6.54 Å². The largest absolute Gasteiger partial charge is 0.488 e. The molecule has 0 aromatic heterocycles. The zero-order valence-corrected chi connectivity index (χ0v) is 9.08. The molecular formula is C6H9F3IN3. The molecule has 7 heteroatoms. The minimum absolute atomic E-state index is 0.281.